The lowest BCUT2D eigenvalue weighted by Crippen LogP contribution is -2.49. The van der Waals surface area contributed by atoms with Gasteiger partial charge in [-0.3, -0.25) is 4.90 Å². The number of hydrogen-bond acceptors (Lipinski definition) is 7. The number of rotatable bonds is 4. The number of nitrogen functional groups attached to an aromatic ring is 1. The normalized spacial score (nSPS) is 20.7. The Bertz CT molecular complexity index is 1190. The van der Waals surface area contributed by atoms with Gasteiger partial charge < -0.3 is 19.9 Å². The summed E-state index contributed by atoms with van der Waals surface area (Å²) in [5, 5.41) is 0.113. The molecule has 4 heterocycles. The van der Waals surface area contributed by atoms with Crippen molar-refractivity contribution < 1.29 is 9.53 Å². The van der Waals surface area contributed by atoms with Gasteiger partial charge in [0.05, 0.1) is 12.9 Å². The highest BCUT2D eigenvalue weighted by atomic mass is 35.5. The molecule has 2 aliphatic rings. The largest absolute Gasteiger partial charge is 0.444 e. The fourth-order valence-electron chi connectivity index (χ4n) is 4.72. The summed E-state index contributed by atoms with van der Waals surface area (Å²) in [6.45, 7) is 8.82. The van der Waals surface area contributed by atoms with Gasteiger partial charge in [0.2, 0.25) is 5.28 Å². The van der Waals surface area contributed by atoms with Crippen LogP contribution in [0.2, 0.25) is 5.28 Å². The molecule has 2 aliphatic heterocycles. The average Bonchev–Trinajstić information content (AvgIpc) is 3.43. The second-order valence-corrected chi connectivity index (χ2v) is 10.2. The Morgan fingerprint density at radius 2 is 1.82 bits per heavy atom. The number of carbonyl (C=O) groups excluding carboxylic acids is 1. The van der Waals surface area contributed by atoms with Crippen LogP contribution in [-0.2, 0) is 17.8 Å². The maximum absolute atomic E-state index is 12.5. The molecule has 2 N–H and O–H groups in total. The van der Waals surface area contributed by atoms with Gasteiger partial charge in [-0.2, -0.15) is 9.97 Å². The van der Waals surface area contributed by atoms with E-state index in [9.17, 15) is 4.79 Å². The molecule has 0 aliphatic carbocycles. The van der Waals surface area contributed by atoms with Crippen LogP contribution in [0, 0.1) is 0 Å². The summed E-state index contributed by atoms with van der Waals surface area (Å²) in [6.07, 6.45) is 2.52. The van der Waals surface area contributed by atoms with E-state index in [0.29, 0.717) is 23.8 Å². The summed E-state index contributed by atoms with van der Waals surface area (Å²) in [5.41, 5.74) is 8.99. The molecule has 1 amide bonds. The van der Waals surface area contributed by atoms with E-state index in [-0.39, 0.29) is 23.2 Å². The number of likely N-dealkylation sites (tertiary alicyclic amines) is 2. The van der Waals surface area contributed by atoms with Crippen molar-refractivity contribution in [3.8, 4) is 0 Å². The Balaban J connectivity index is 1.20. The Labute approximate surface area is 197 Å². The van der Waals surface area contributed by atoms with Gasteiger partial charge in [0.1, 0.15) is 11.1 Å². The molecule has 0 saturated carbocycles. The number of imidazole rings is 1. The summed E-state index contributed by atoms with van der Waals surface area (Å²) in [5.74, 6) is 0.282. The third-order valence-corrected chi connectivity index (χ3v) is 6.38. The van der Waals surface area contributed by atoms with Crippen molar-refractivity contribution >= 4 is 34.7 Å². The van der Waals surface area contributed by atoms with E-state index in [0.717, 1.165) is 31.6 Å². The van der Waals surface area contributed by atoms with Gasteiger partial charge >= 0.3 is 6.09 Å². The average molecular weight is 470 g/mol. The van der Waals surface area contributed by atoms with E-state index in [4.69, 9.17) is 22.1 Å². The molecule has 5 rings (SSSR count). The molecular weight excluding hydrogens is 442 g/mol. The number of halogens is 1. The SMILES string of the molecule is CC(C)(C)OC(=O)N1C[C@@H]2C[C@H]1CN2Cc1ccc(Cn2cnc3c(N)nc(Cl)nc32)cc1. The molecule has 2 aromatic heterocycles. The number of piperazine rings is 1. The maximum atomic E-state index is 12.5. The second-order valence-electron chi connectivity index (χ2n) is 9.84. The van der Waals surface area contributed by atoms with Gasteiger partial charge in [0, 0.05) is 31.7 Å². The van der Waals surface area contributed by atoms with Gasteiger partial charge in [-0.1, -0.05) is 24.3 Å². The number of nitrogens with two attached hydrogens (primary N) is 1. The number of benzene rings is 1. The number of ether oxygens (including phenoxy) is 1. The maximum Gasteiger partial charge on any atom is 0.410 e. The Morgan fingerprint density at radius 3 is 2.45 bits per heavy atom. The summed E-state index contributed by atoms with van der Waals surface area (Å²) >= 11 is 5.96. The van der Waals surface area contributed by atoms with Crippen LogP contribution in [0.3, 0.4) is 0 Å². The van der Waals surface area contributed by atoms with Crippen molar-refractivity contribution in [2.24, 2.45) is 0 Å². The van der Waals surface area contributed by atoms with Crippen molar-refractivity contribution in [3.63, 3.8) is 0 Å². The van der Waals surface area contributed by atoms with Crippen molar-refractivity contribution in [1.29, 1.82) is 0 Å². The lowest BCUT2D eigenvalue weighted by molar-refractivity contribution is 0.0124. The predicted octanol–water partition coefficient (Wildman–Crippen LogP) is 3.30. The molecule has 10 heteroatoms. The summed E-state index contributed by atoms with van der Waals surface area (Å²) in [4.78, 5) is 29.4. The summed E-state index contributed by atoms with van der Waals surface area (Å²) in [6, 6.07) is 9.17. The highest BCUT2D eigenvalue weighted by Crippen LogP contribution is 2.33. The zero-order chi connectivity index (χ0) is 23.3. The number of hydrogen-bond donors (Lipinski definition) is 1. The van der Waals surface area contributed by atoms with E-state index in [1.165, 1.54) is 5.56 Å². The van der Waals surface area contributed by atoms with Crippen LogP contribution in [-0.4, -0.2) is 66.2 Å². The fraction of sp³-hybridized carbons (Fsp3) is 0.478. The minimum Gasteiger partial charge on any atom is -0.444 e. The Kier molecular flexibility index (Phi) is 5.41. The van der Waals surface area contributed by atoms with E-state index in [1.54, 1.807) is 6.33 Å². The molecule has 0 unspecified atom stereocenters. The van der Waals surface area contributed by atoms with Crippen LogP contribution >= 0.6 is 11.6 Å². The lowest BCUT2D eigenvalue weighted by Gasteiger charge is -2.35. The fourth-order valence-corrected chi connectivity index (χ4v) is 4.89. The van der Waals surface area contributed by atoms with Crippen molar-refractivity contribution in [1.82, 2.24) is 29.3 Å². The number of aromatic nitrogens is 4. The van der Waals surface area contributed by atoms with Crippen LogP contribution < -0.4 is 5.73 Å². The molecule has 2 saturated heterocycles. The zero-order valence-electron chi connectivity index (χ0n) is 19.0. The number of amides is 1. The first-order valence-corrected chi connectivity index (χ1v) is 11.5. The third kappa shape index (κ3) is 4.47. The highest BCUT2D eigenvalue weighted by molar-refractivity contribution is 6.28. The molecule has 2 fully saturated rings. The molecule has 1 aromatic carbocycles. The zero-order valence-corrected chi connectivity index (χ0v) is 19.8. The minimum atomic E-state index is -0.463. The van der Waals surface area contributed by atoms with Crippen molar-refractivity contribution in [3.05, 3.63) is 47.0 Å². The topological polar surface area (TPSA) is 102 Å². The molecule has 2 bridgehead atoms. The third-order valence-electron chi connectivity index (χ3n) is 6.21. The summed E-state index contributed by atoms with van der Waals surface area (Å²) < 4.78 is 7.48. The van der Waals surface area contributed by atoms with Crippen LogP contribution in [0.25, 0.3) is 11.2 Å². The van der Waals surface area contributed by atoms with E-state index >= 15 is 0 Å². The Hall–Kier alpha value is -2.91. The molecule has 0 spiro atoms. The van der Waals surface area contributed by atoms with E-state index in [2.05, 4.69) is 44.1 Å². The van der Waals surface area contributed by atoms with Gasteiger partial charge in [0.25, 0.3) is 0 Å². The summed E-state index contributed by atoms with van der Waals surface area (Å²) in [7, 11) is 0. The lowest BCUT2D eigenvalue weighted by atomic mass is 10.1. The smallest absolute Gasteiger partial charge is 0.410 e. The first-order valence-electron chi connectivity index (χ1n) is 11.1. The van der Waals surface area contributed by atoms with Crippen LogP contribution in [0.15, 0.2) is 30.6 Å². The molecule has 9 nitrogen and oxygen atoms in total. The highest BCUT2D eigenvalue weighted by Gasteiger charge is 2.46. The van der Waals surface area contributed by atoms with E-state index < -0.39 is 5.60 Å². The standard InChI is InChI=1S/C23H28ClN7O2/c1-23(2,3)33-22(32)31-12-16-8-17(31)11-29(16)9-14-4-6-15(7-5-14)10-30-13-26-18-19(25)27-21(24)28-20(18)30/h4-7,13,16-17H,8-12H2,1-3H3,(H2,25,27,28)/t16-,17-/m0/s1. The van der Waals surface area contributed by atoms with Gasteiger partial charge in [-0.05, 0) is 49.9 Å². The molecular formula is C23H28ClN7O2. The van der Waals surface area contributed by atoms with Gasteiger partial charge in [0.15, 0.2) is 11.5 Å². The molecule has 174 valence electrons. The van der Waals surface area contributed by atoms with Crippen LogP contribution in [0.4, 0.5) is 10.6 Å². The second kappa shape index (κ2) is 8.14. The van der Waals surface area contributed by atoms with Crippen LogP contribution in [0.1, 0.15) is 38.3 Å². The quantitative estimate of drug-likeness (QED) is 0.585. The number of carbonyl (C=O) groups is 1. The molecule has 33 heavy (non-hydrogen) atoms. The number of fused-ring (bicyclic) bond motifs is 3. The van der Waals surface area contributed by atoms with E-state index in [1.807, 2.05) is 30.2 Å². The van der Waals surface area contributed by atoms with Gasteiger partial charge in [-0.15, -0.1) is 0 Å². The first kappa shape index (κ1) is 21.9. The molecule has 2 atom stereocenters. The molecule has 0 radical (unpaired) electrons. The monoisotopic (exact) mass is 469 g/mol. The minimum absolute atomic E-state index is 0.113. The number of anilines is 1. The first-order chi connectivity index (χ1) is 15.7. The van der Waals surface area contributed by atoms with Crippen molar-refractivity contribution in [2.75, 3.05) is 18.8 Å². The number of nitrogens with zero attached hydrogens (tertiary/aromatic N) is 6. The Morgan fingerprint density at radius 1 is 1.12 bits per heavy atom. The predicted molar refractivity (Wildman–Crippen MR) is 126 cm³/mol. The van der Waals surface area contributed by atoms with Crippen LogP contribution in [0.5, 0.6) is 0 Å². The molecule has 3 aromatic rings. The van der Waals surface area contributed by atoms with Gasteiger partial charge in [-0.25, -0.2) is 9.78 Å². The van der Waals surface area contributed by atoms with Crippen molar-refractivity contribution in [2.45, 2.75) is 58.0 Å².